The normalized spacial score (nSPS) is 27.0. The number of carbonyl (C=O) groups excluding carboxylic acids is 1. The van der Waals surface area contributed by atoms with Gasteiger partial charge in [-0.3, -0.25) is 14.7 Å². The summed E-state index contributed by atoms with van der Waals surface area (Å²) in [5.41, 5.74) is 1.28. The number of para-hydroxylation sites is 1. The molecule has 0 spiro atoms. The quantitative estimate of drug-likeness (QED) is 0.574. The van der Waals surface area contributed by atoms with E-state index in [1.165, 1.54) is 12.0 Å². The highest BCUT2D eigenvalue weighted by atomic mass is 16.5. The van der Waals surface area contributed by atoms with E-state index in [1.54, 1.807) is 0 Å². The number of hydrogen-bond donors (Lipinski definition) is 1. The Morgan fingerprint density at radius 3 is 2.53 bits per heavy atom. The number of likely N-dealkylation sites (tertiary alicyclic amines) is 1. The number of ether oxygens (including phenoxy) is 1. The molecule has 2 saturated heterocycles. The summed E-state index contributed by atoms with van der Waals surface area (Å²) in [6.45, 7) is 12.1. The molecule has 1 aromatic carbocycles. The van der Waals surface area contributed by atoms with Crippen LogP contribution in [0, 0.1) is 11.8 Å². The molecule has 3 atom stereocenters. The molecule has 3 unspecified atom stereocenters. The molecule has 7 heteroatoms. The van der Waals surface area contributed by atoms with Gasteiger partial charge in [0.1, 0.15) is 5.75 Å². The first-order valence-corrected chi connectivity index (χ1v) is 12.2. The van der Waals surface area contributed by atoms with Gasteiger partial charge >= 0.3 is 0 Å². The molecule has 4 rings (SSSR count). The predicted octanol–water partition coefficient (Wildman–Crippen LogP) is 2.25. The average Bonchev–Trinajstić information content (AvgIpc) is 2.80. The standard InChI is InChI=1S/C25H39N5O2/c1-19-14-20(2)17-30(16-19)24(31)18-28-9-11-29(12-10-28)25(26-3)27-15-21-8-13-32-23-7-5-4-6-22(21)23/h4-7,19-21H,8-18H2,1-3H3,(H,26,27). The van der Waals surface area contributed by atoms with Crippen molar-refractivity contribution in [3.05, 3.63) is 29.8 Å². The van der Waals surface area contributed by atoms with Gasteiger partial charge in [-0.05, 0) is 36.3 Å². The highest BCUT2D eigenvalue weighted by Gasteiger charge is 2.28. The van der Waals surface area contributed by atoms with Crippen LogP contribution in [0.15, 0.2) is 29.3 Å². The molecule has 0 aliphatic carbocycles. The third-order valence-corrected chi connectivity index (χ3v) is 7.05. The minimum Gasteiger partial charge on any atom is -0.493 e. The van der Waals surface area contributed by atoms with Crippen LogP contribution < -0.4 is 10.1 Å². The lowest BCUT2D eigenvalue weighted by Crippen LogP contribution is -2.55. The Morgan fingerprint density at radius 2 is 1.81 bits per heavy atom. The van der Waals surface area contributed by atoms with E-state index in [1.807, 2.05) is 13.1 Å². The van der Waals surface area contributed by atoms with Gasteiger partial charge in [-0.15, -0.1) is 0 Å². The summed E-state index contributed by atoms with van der Waals surface area (Å²) in [5.74, 6) is 3.91. The second-order valence-electron chi connectivity index (χ2n) is 9.81. The number of benzene rings is 1. The molecule has 1 N–H and O–H groups in total. The van der Waals surface area contributed by atoms with E-state index >= 15 is 0 Å². The Bertz CT molecular complexity index is 795. The van der Waals surface area contributed by atoms with Crippen LogP contribution in [0.5, 0.6) is 5.75 Å². The van der Waals surface area contributed by atoms with Gasteiger partial charge in [0.2, 0.25) is 5.91 Å². The number of guanidine groups is 1. The van der Waals surface area contributed by atoms with Gasteiger partial charge in [0.05, 0.1) is 13.2 Å². The summed E-state index contributed by atoms with van der Waals surface area (Å²) < 4.78 is 5.80. The summed E-state index contributed by atoms with van der Waals surface area (Å²) in [7, 11) is 1.86. The predicted molar refractivity (Wildman–Crippen MR) is 128 cm³/mol. The smallest absolute Gasteiger partial charge is 0.236 e. The number of piperazine rings is 1. The summed E-state index contributed by atoms with van der Waals surface area (Å²) in [4.78, 5) is 24.1. The van der Waals surface area contributed by atoms with Gasteiger partial charge in [-0.25, -0.2) is 0 Å². The first-order valence-electron chi connectivity index (χ1n) is 12.2. The van der Waals surface area contributed by atoms with Crippen molar-refractivity contribution >= 4 is 11.9 Å². The zero-order valence-electron chi connectivity index (χ0n) is 19.9. The van der Waals surface area contributed by atoms with Crippen molar-refractivity contribution < 1.29 is 9.53 Å². The molecule has 0 aromatic heterocycles. The zero-order chi connectivity index (χ0) is 22.5. The Balaban J connectivity index is 1.24. The fourth-order valence-corrected chi connectivity index (χ4v) is 5.45. The number of carbonyl (C=O) groups is 1. The molecule has 32 heavy (non-hydrogen) atoms. The van der Waals surface area contributed by atoms with Gasteiger partial charge in [0, 0.05) is 58.8 Å². The third kappa shape index (κ3) is 5.55. The highest BCUT2D eigenvalue weighted by Crippen LogP contribution is 2.32. The van der Waals surface area contributed by atoms with E-state index in [-0.39, 0.29) is 5.91 Å². The van der Waals surface area contributed by atoms with Crippen LogP contribution in [0.25, 0.3) is 0 Å². The minimum absolute atomic E-state index is 0.289. The van der Waals surface area contributed by atoms with Gasteiger partial charge in [0.25, 0.3) is 0 Å². The van der Waals surface area contributed by atoms with E-state index in [0.717, 1.165) is 70.6 Å². The van der Waals surface area contributed by atoms with Crippen LogP contribution in [0.4, 0.5) is 0 Å². The number of amides is 1. The number of nitrogens with one attached hydrogen (secondary N) is 1. The molecule has 3 aliphatic heterocycles. The lowest BCUT2D eigenvalue weighted by molar-refractivity contribution is -0.135. The van der Waals surface area contributed by atoms with Crippen molar-refractivity contribution in [1.82, 2.24) is 20.0 Å². The van der Waals surface area contributed by atoms with Gasteiger partial charge in [0.15, 0.2) is 5.96 Å². The number of aliphatic imine (C=N–C) groups is 1. The lowest BCUT2D eigenvalue weighted by Gasteiger charge is -2.39. The average molecular weight is 442 g/mol. The minimum atomic E-state index is 0.289. The molecule has 0 bridgehead atoms. The van der Waals surface area contributed by atoms with Crippen molar-refractivity contribution in [3.8, 4) is 5.75 Å². The van der Waals surface area contributed by atoms with E-state index in [0.29, 0.717) is 24.3 Å². The first-order chi connectivity index (χ1) is 15.5. The largest absolute Gasteiger partial charge is 0.493 e. The molecular formula is C25H39N5O2. The fourth-order valence-electron chi connectivity index (χ4n) is 5.45. The van der Waals surface area contributed by atoms with Crippen molar-refractivity contribution in [2.45, 2.75) is 32.6 Å². The van der Waals surface area contributed by atoms with E-state index in [2.05, 4.69) is 57.1 Å². The second-order valence-corrected chi connectivity index (χ2v) is 9.81. The molecule has 3 aliphatic rings. The zero-order valence-corrected chi connectivity index (χ0v) is 19.9. The summed E-state index contributed by atoms with van der Waals surface area (Å²) in [6, 6.07) is 8.34. The number of piperidine rings is 1. The number of rotatable bonds is 4. The summed E-state index contributed by atoms with van der Waals surface area (Å²) in [5, 5.41) is 3.59. The van der Waals surface area contributed by atoms with E-state index in [9.17, 15) is 4.79 Å². The number of nitrogens with zero attached hydrogens (tertiary/aromatic N) is 4. The Kier molecular flexibility index (Phi) is 7.55. The van der Waals surface area contributed by atoms with Crippen molar-refractivity contribution in [3.63, 3.8) is 0 Å². The molecular weight excluding hydrogens is 402 g/mol. The fraction of sp³-hybridized carbons (Fsp3) is 0.680. The molecule has 0 radical (unpaired) electrons. The third-order valence-electron chi connectivity index (χ3n) is 7.05. The maximum absolute atomic E-state index is 12.8. The van der Waals surface area contributed by atoms with Crippen molar-refractivity contribution in [1.29, 1.82) is 0 Å². The lowest BCUT2D eigenvalue weighted by atomic mass is 9.92. The molecule has 3 heterocycles. The Morgan fingerprint density at radius 1 is 1.09 bits per heavy atom. The molecule has 2 fully saturated rings. The molecule has 7 nitrogen and oxygen atoms in total. The maximum Gasteiger partial charge on any atom is 0.236 e. The van der Waals surface area contributed by atoms with Crippen molar-refractivity contribution in [2.24, 2.45) is 16.8 Å². The summed E-state index contributed by atoms with van der Waals surface area (Å²) in [6.07, 6.45) is 2.25. The van der Waals surface area contributed by atoms with Crippen LogP contribution >= 0.6 is 0 Å². The monoisotopic (exact) mass is 441 g/mol. The Labute approximate surface area is 192 Å². The van der Waals surface area contributed by atoms with E-state index < -0.39 is 0 Å². The number of fused-ring (bicyclic) bond motifs is 1. The van der Waals surface area contributed by atoms with Crippen LogP contribution in [0.2, 0.25) is 0 Å². The van der Waals surface area contributed by atoms with Gasteiger partial charge in [-0.1, -0.05) is 32.0 Å². The number of hydrogen-bond acceptors (Lipinski definition) is 4. The molecule has 0 saturated carbocycles. The molecule has 1 aromatic rings. The highest BCUT2D eigenvalue weighted by molar-refractivity contribution is 5.80. The molecule has 176 valence electrons. The van der Waals surface area contributed by atoms with Crippen molar-refractivity contribution in [2.75, 3.05) is 66.0 Å². The van der Waals surface area contributed by atoms with E-state index in [4.69, 9.17) is 4.74 Å². The van der Waals surface area contributed by atoms with Crippen LogP contribution in [-0.4, -0.2) is 92.6 Å². The Hall–Kier alpha value is -2.28. The van der Waals surface area contributed by atoms with Gasteiger partial charge < -0.3 is 19.9 Å². The second kappa shape index (κ2) is 10.6. The molecule has 1 amide bonds. The summed E-state index contributed by atoms with van der Waals surface area (Å²) >= 11 is 0. The SMILES string of the molecule is CN=C(NCC1CCOc2ccccc21)N1CCN(CC(=O)N2CC(C)CC(C)C2)CC1. The van der Waals surface area contributed by atoms with Crippen LogP contribution in [0.3, 0.4) is 0 Å². The maximum atomic E-state index is 12.8. The van der Waals surface area contributed by atoms with Crippen LogP contribution in [-0.2, 0) is 4.79 Å². The topological polar surface area (TPSA) is 60.4 Å². The van der Waals surface area contributed by atoms with Crippen LogP contribution in [0.1, 0.15) is 38.2 Å². The van der Waals surface area contributed by atoms with Gasteiger partial charge in [-0.2, -0.15) is 0 Å². The first kappa shape index (κ1) is 22.9.